The standard InChI is InChI=1S/C7H14ClN3O6/c1-2-9(10(12)13)5-7(17-11(14)15)6-16-4-3-8/h7H,2-6H2,1H3. The van der Waals surface area contributed by atoms with E-state index < -0.39 is 16.2 Å². The van der Waals surface area contributed by atoms with E-state index in [9.17, 15) is 20.2 Å². The third-order valence-corrected chi connectivity index (χ3v) is 1.93. The first kappa shape index (κ1) is 15.7. The first-order chi connectivity index (χ1) is 8.01. The predicted octanol–water partition coefficient (Wildman–Crippen LogP) is 0.332. The van der Waals surface area contributed by atoms with E-state index in [0.29, 0.717) is 0 Å². The molecule has 0 fully saturated rings. The number of ether oxygens (including phenoxy) is 1. The Balaban J connectivity index is 4.24. The minimum absolute atomic E-state index is 0.111. The maximum Gasteiger partial charge on any atom is 0.294 e. The highest BCUT2D eigenvalue weighted by Gasteiger charge is 2.22. The highest BCUT2D eigenvalue weighted by Crippen LogP contribution is 2.00. The second-order valence-corrected chi connectivity index (χ2v) is 3.34. The zero-order chi connectivity index (χ0) is 13.3. The lowest BCUT2D eigenvalue weighted by molar-refractivity contribution is -0.772. The van der Waals surface area contributed by atoms with Gasteiger partial charge in [-0.15, -0.1) is 26.7 Å². The minimum atomic E-state index is -1.02. The number of hydrogen-bond acceptors (Lipinski definition) is 6. The topological polar surface area (TPSA) is 108 Å². The van der Waals surface area contributed by atoms with Crippen LogP contribution in [0.3, 0.4) is 0 Å². The summed E-state index contributed by atoms with van der Waals surface area (Å²) in [7, 11) is 0. The summed E-state index contributed by atoms with van der Waals surface area (Å²) in [6.07, 6.45) is -1.02. The average Bonchev–Trinajstić information content (AvgIpc) is 2.24. The van der Waals surface area contributed by atoms with E-state index in [4.69, 9.17) is 16.3 Å². The van der Waals surface area contributed by atoms with Gasteiger partial charge in [0, 0.05) is 5.88 Å². The molecule has 0 amide bonds. The van der Waals surface area contributed by atoms with E-state index >= 15 is 0 Å². The van der Waals surface area contributed by atoms with Gasteiger partial charge in [-0.05, 0) is 6.92 Å². The molecule has 0 spiro atoms. The molecule has 0 saturated heterocycles. The summed E-state index contributed by atoms with van der Waals surface area (Å²) in [6, 6.07) is 0. The lowest BCUT2D eigenvalue weighted by Crippen LogP contribution is -2.40. The van der Waals surface area contributed by atoms with Gasteiger partial charge >= 0.3 is 0 Å². The Morgan fingerprint density at radius 1 is 1.41 bits per heavy atom. The first-order valence-electron chi connectivity index (χ1n) is 4.85. The van der Waals surface area contributed by atoms with Crippen LogP contribution >= 0.6 is 11.6 Å². The fourth-order valence-corrected chi connectivity index (χ4v) is 1.16. The van der Waals surface area contributed by atoms with Crippen LogP contribution in [-0.4, -0.2) is 53.4 Å². The zero-order valence-electron chi connectivity index (χ0n) is 9.28. The monoisotopic (exact) mass is 271 g/mol. The van der Waals surface area contributed by atoms with E-state index in [2.05, 4.69) is 4.84 Å². The minimum Gasteiger partial charge on any atom is -0.378 e. The summed E-state index contributed by atoms with van der Waals surface area (Å²) < 4.78 is 4.96. The fourth-order valence-electron chi connectivity index (χ4n) is 1.05. The van der Waals surface area contributed by atoms with Gasteiger partial charge in [-0.1, -0.05) is 0 Å². The van der Waals surface area contributed by atoms with Gasteiger partial charge in [-0.25, -0.2) is 10.1 Å². The summed E-state index contributed by atoms with van der Waals surface area (Å²) >= 11 is 5.36. The second-order valence-electron chi connectivity index (χ2n) is 2.96. The average molecular weight is 272 g/mol. The van der Waals surface area contributed by atoms with Crippen LogP contribution in [0.5, 0.6) is 0 Å². The van der Waals surface area contributed by atoms with Gasteiger partial charge in [-0.2, -0.15) is 0 Å². The molecule has 0 bridgehead atoms. The molecule has 9 nitrogen and oxygen atoms in total. The van der Waals surface area contributed by atoms with Crippen LogP contribution < -0.4 is 0 Å². The summed E-state index contributed by atoms with van der Waals surface area (Å²) in [5.41, 5.74) is 0. The second kappa shape index (κ2) is 8.76. The molecule has 0 aromatic rings. The molecule has 1 atom stereocenters. The number of hydrogen-bond donors (Lipinski definition) is 0. The quantitative estimate of drug-likeness (QED) is 0.244. The summed E-state index contributed by atoms with van der Waals surface area (Å²) in [4.78, 5) is 25.0. The molecule has 100 valence electrons. The molecule has 0 aromatic carbocycles. The predicted molar refractivity (Wildman–Crippen MR) is 57.6 cm³/mol. The number of alkyl halides is 1. The molecule has 0 heterocycles. The van der Waals surface area contributed by atoms with Crippen molar-refractivity contribution in [2.75, 3.05) is 32.2 Å². The van der Waals surface area contributed by atoms with Crippen molar-refractivity contribution in [1.29, 1.82) is 0 Å². The van der Waals surface area contributed by atoms with Crippen molar-refractivity contribution in [1.82, 2.24) is 5.01 Å². The lowest BCUT2D eigenvalue weighted by Gasteiger charge is -2.18. The molecule has 17 heavy (non-hydrogen) atoms. The molecule has 0 saturated carbocycles. The van der Waals surface area contributed by atoms with E-state index in [1.807, 2.05) is 0 Å². The molecule has 10 heteroatoms. The number of hydrazine groups is 1. The Morgan fingerprint density at radius 3 is 2.47 bits per heavy atom. The summed E-state index contributed by atoms with van der Waals surface area (Å²) in [5, 5.41) is 19.9. The fraction of sp³-hybridized carbons (Fsp3) is 1.00. The van der Waals surface area contributed by atoms with Crippen molar-refractivity contribution in [3.8, 4) is 0 Å². The van der Waals surface area contributed by atoms with Gasteiger partial charge in [0.25, 0.3) is 5.09 Å². The molecule has 0 radical (unpaired) electrons. The van der Waals surface area contributed by atoms with E-state index in [-0.39, 0.29) is 32.2 Å². The Bertz CT molecular complexity index is 254. The van der Waals surface area contributed by atoms with Crippen molar-refractivity contribution in [3.05, 3.63) is 20.2 Å². The van der Waals surface area contributed by atoms with Crippen molar-refractivity contribution in [2.24, 2.45) is 0 Å². The van der Waals surface area contributed by atoms with Crippen LogP contribution in [0.4, 0.5) is 0 Å². The molecule has 0 aliphatic heterocycles. The molecule has 0 rings (SSSR count). The molecule has 0 aliphatic rings. The highest BCUT2D eigenvalue weighted by molar-refractivity contribution is 6.17. The van der Waals surface area contributed by atoms with Gasteiger partial charge < -0.3 is 9.57 Å². The lowest BCUT2D eigenvalue weighted by atomic mass is 10.3. The van der Waals surface area contributed by atoms with Gasteiger partial charge in [0.2, 0.25) is 0 Å². The number of nitro groups is 1. The number of halogens is 1. The van der Waals surface area contributed by atoms with Gasteiger partial charge in [0.1, 0.15) is 6.54 Å². The Labute approximate surface area is 102 Å². The largest absolute Gasteiger partial charge is 0.378 e. The smallest absolute Gasteiger partial charge is 0.294 e. The summed E-state index contributed by atoms with van der Waals surface area (Å²) in [5.74, 6) is 0.234. The Hall–Kier alpha value is -1.35. The Morgan fingerprint density at radius 2 is 2.06 bits per heavy atom. The van der Waals surface area contributed by atoms with E-state index in [0.717, 1.165) is 5.01 Å². The van der Waals surface area contributed by atoms with E-state index in [1.165, 1.54) is 0 Å². The van der Waals surface area contributed by atoms with Crippen LogP contribution in [0.25, 0.3) is 0 Å². The first-order valence-corrected chi connectivity index (χ1v) is 5.38. The van der Waals surface area contributed by atoms with Crippen molar-refractivity contribution >= 4 is 11.6 Å². The third-order valence-electron chi connectivity index (χ3n) is 1.77. The molecular weight excluding hydrogens is 258 g/mol. The number of nitrogens with zero attached hydrogens (tertiary/aromatic N) is 3. The zero-order valence-corrected chi connectivity index (χ0v) is 10.0. The van der Waals surface area contributed by atoms with Gasteiger partial charge in [0.05, 0.1) is 19.8 Å². The SMILES string of the molecule is CCN(CC(COCCCl)O[N+](=O)[O-])[N+](=O)[O-]. The van der Waals surface area contributed by atoms with Gasteiger partial charge in [0.15, 0.2) is 11.1 Å². The van der Waals surface area contributed by atoms with Crippen LogP contribution in [0.1, 0.15) is 6.92 Å². The molecular formula is C7H14ClN3O6. The van der Waals surface area contributed by atoms with Gasteiger partial charge in [-0.3, -0.25) is 0 Å². The number of likely N-dealkylation sites (N-methyl/N-ethyl adjacent to an activating group) is 1. The molecule has 0 aromatic heterocycles. The molecule has 0 N–H and O–H groups in total. The number of rotatable bonds is 10. The summed E-state index contributed by atoms with van der Waals surface area (Å²) in [6.45, 7) is 1.51. The van der Waals surface area contributed by atoms with Crippen molar-refractivity contribution in [3.63, 3.8) is 0 Å². The van der Waals surface area contributed by atoms with E-state index in [1.54, 1.807) is 6.92 Å². The third kappa shape index (κ3) is 7.53. The van der Waals surface area contributed by atoms with Crippen LogP contribution in [0.2, 0.25) is 0 Å². The maximum absolute atomic E-state index is 10.5. The van der Waals surface area contributed by atoms with Crippen molar-refractivity contribution < 1.29 is 19.7 Å². The Kier molecular flexibility index (Phi) is 8.07. The van der Waals surface area contributed by atoms with Crippen LogP contribution in [0.15, 0.2) is 0 Å². The van der Waals surface area contributed by atoms with Crippen LogP contribution in [0, 0.1) is 20.2 Å². The maximum atomic E-state index is 10.5. The van der Waals surface area contributed by atoms with Crippen molar-refractivity contribution in [2.45, 2.75) is 13.0 Å². The highest BCUT2D eigenvalue weighted by atomic mass is 35.5. The normalized spacial score (nSPS) is 11.9. The molecule has 0 aliphatic carbocycles. The molecule has 1 unspecified atom stereocenters. The van der Waals surface area contributed by atoms with Crippen LogP contribution in [-0.2, 0) is 9.57 Å².